The summed E-state index contributed by atoms with van der Waals surface area (Å²) >= 11 is 0. The van der Waals surface area contributed by atoms with Crippen LogP contribution in [-0.4, -0.2) is 30.3 Å². The van der Waals surface area contributed by atoms with Crippen molar-refractivity contribution in [1.82, 2.24) is 25.2 Å². The molecule has 0 aliphatic heterocycles. The normalized spacial score (nSPS) is 11.2. The number of phenols is 1. The Kier molecular flexibility index (Phi) is 3.49. The minimum Gasteiger partial charge on any atom is -0.507 e. The van der Waals surface area contributed by atoms with Gasteiger partial charge in [-0.1, -0.05) is 41.6 Å². The van der Waals surface area contributed by atoms with Crippen LogP contribution in [0.1, 0.15) is 22.6 Å². The van der Waals surface area contributed by atoms with Gasteiger partial charge in [-0.05, 0) is 30.2 Å². The van der Waals surface area contributed by atoms with Gasteiger partial charge in [0.05, 0.1) is 5.52 Å². The van der Waals surface area contributed by atoms with Crippen LogP contribution in [0.4, 0.5) is 0 Å². The molecule has 6 nitrogen and oxygen atoms in total. The third kappa shape index (κ3) is 2.42. The Hall–Kier alpha value is -3.15. The van der Waals surface area contributed by atoms with E-state index >= 15 is 0 Å². The SMILES string of the molecule is Cc1c(Cc2nn[nH]n2)c2c(O)cccc2n1Cc1ccccc1. The van der Waals surface area contributed by atoms with E-state index in [0.717, 1.165) is 28.7 Å². The molecule has 0 saturated carbocycles. The van der Waals surface area contributed by atoms with Gasteiger partial charge in [0.2, 0.25) is 0 Å². The maximum Gasteiger partial charge on any atom is 0.179 e. The van der Waals surface area contributed by atoms with E-state index in [1.54, 1.807) is 6.07 Å². The van der Waals surface area contributed by atoms with Crippen molar-refractivity contribution in [3.05, 3.63) is 71.2 Å². The van der Waals surface area contributed by atoms with Crippen molar-refractivity contribution in [2.24, 2.45) is 0 Å². The third-order valence-corrected chi connectivity index (χ3v) is 4.36. The van der Waals surface area contributed by atoms with Gasteiger partial charge >= 0.3 is 0 Å². The van der Waals surface area contributed by atoms with Crippen LogP contribution in [0.3, 0.4) is 0 Å². The summed E-state index contributed by atoms with van der Waals surface area (Å²) in [7, 11) is 0. The van der Waals surface area contributed by atoms with Crippen molar-refractivity contribution in [3.63, 3.8) is 0 Å². The van der Waals surface area contributed by atoms with Crippen LogP contribution in [0.2, 0.25) is 0 Å². The van der Waals surface area contributed by atoms with Crippen LogP contribution in [0.5, 0.6) is 5.75 Å². The van der Waals surface area contributed by atoms with Crippen LogP contribution in [0.25, 0.3) is 10.9 Å². The summed E-state index contributed by atoms with van der Waals surface area (Å²) in [4.78, 5) is 0. The molecular formula is C18H17N5O. The lowest BCUT2D eigenvalue weighted by Gasteiger charge is -2.09. The molecule has 0 radical (unpaired) electrons. The summed E-state index contributed by atoms with van der Waals surface area (Å²) in [5.74, 6) is 0.890. The molecule has 2 heterocycles. The predicted octanol–water partition coefficient (Wildman–Crippen LogP) is 2.81. The van der Waals surface area contributed by atoms with E-state index in [2.05, 4.69) is 44.2 Å². The summed E-state index contributed by atoms with van der Waals surface area (Å²) in [6.45, 7) is 2.82. The van der Waals surface area contributed by atoms with Crippen LogP contribution < -0.4 is 0 Å². The van der Waals surface area contributed by atoms with Crippen molar-refractivity contribution in [2.75, 3.05) is 0 Å². The van der Waals surface area contributed by atoms with E-state index in [-0.39, 0.29) is 5.75 Å². The molecule has 0 aliphatic rings. The first kappa shape index (κ1) is 14.4. The molecule has 120 valence electrons. The van der Waals surface area contributed by atoms with Gasteiger partial charge in [-0.3, -0.25) is 0 Å². The van der Waals surface area contributed by atoms with E-state index < -0.39 is 0 Å². The van der Waals surface area contributed by atoms with E-state index in [1.807, 2.05) is 30.3 Å². The fraction of sp³-hybridized carbons (Fsp3) is 0.167. The van der Waals surface area contributed by atoms with Crippen LogP contribution in [0, 0.1) is 6.92 Å². The van der Waals surface area contributed by atoms with Crippen LogP contribution in [0.15, 0.2) is 48.5 Å². The summed E-state index contributed by atoms with van der Waals surface area (Å²) in [5, 5.41) is 25.5. The number of aromatic nitrogens is 5. The molecule has 0 unspecified atom stereocenters. The monoisotopic (exact) mass is 319 g/mol. The predicted molar refractivity (Wildman–Crippen MR) is 90.9 cm³/mol. The Morgan fingerprint density at radius 2 is 1.92 bits per heavy atom. The van der Waals surface area contributed by atoms with Gasteiger partial charge in [-0.25, -0.2) is 0 Å². The average Bonchev–Trinajstić information content (AvgIpc) is 3.19. The number of nitrogens with one attached hydrogen (secondary N) is 1. The first-order chi connectivity index (χ1) is 11.7. The smallest absolute Gasteiger partial charge is 0.179 e. The van der Waals surface area contributed by atoms with Gasteiger partial charge in [0.25, 0.3) is 0 Å². The number of benzene rings is 2. The number of tetrazole rings is 1. The topological polar surface area (TPSA) is 79.6 Å². The van der Waals surface area contributed by atoms with Gasteiger partial charge in [-0.15, -0.1) is 10.2 Å². The second kappa shape index (κ2) is 5.81. The molecule has 0 fully saturated rings. The number of hydrogen-bond acceptors (Lipinski definition) is 4. The number of fused-ring (bicyclic) bond motifs is 1. The summed E-state index contributed by atoms with van der Waals surface area (Å²) in [5.41, 5.74) is 4.35. The number of rotatable bonds is 4. The Bertz CT molecular complexity index is 974. The minimum atomic E-state index is 0.279. The molecule has 0 saturated heterocycles. The molecule has 0 bridgehead atoms. The maximum absolute atomic E-state index is 10.4. The lowest BCUT2D eigenvalue weighted by molar-refractivity contribution is 0.481. The Morgan fingerprint density at radius 1 is 1.08 bits per heavy atom. The quantitative estimate of drug-likeness (QED) is 0.606. The molecule has 6 heteroatoms. The number of hydrogen-bond donors (Lipinski definition) is 2. The second-order valence-corrected chi connectivity index (χ2v) is 5.81. The zero-order chi connectivity index (χ0) is 16.5. The molecular weight excluding hydrogens is 302 g/mol. The molecule has 2 aromatic heterocycles. The highest BCUT2D eigenvalue weighted by molar-refractivity contribution is 5.91. The third-order valence-electron chi connectivity index (χ3n) is 4.36. The van der Waals surface area contributed by atoms with Crippen LogP contribution >= 0.6 is 0 Å². The fourth-order valence-electron chi connectivity index (χ4n) is 3.19. The standard InChI is InChI=1S/C18H17N5O/c1-12-14(10-17-19-21-22-20-17)18-15(8-5-9-16(18)24)23(12)11-13-6-3-2-4-7-13/h2-9,24H,10-11H2,1H3,(H,19,20,21,22). The van der Waals surface area contributed by atoms with Crippen LogP contribution in [-0.2, 0) is 13.0 Å². The van der Waals surface area contributed by atoms with Gasteiger partial charge in [0.15, 0.2) is 5.82 Å². The summed E-state index contributed by atoms with van der Waals surface area (Å²) in [6, 6.07) is 15.9. The van der Waals surface area contributed by atoms with Gasteiger partial charge in [0, 0.05) is 24.0 Å². The highest BCUT2D eigenvalue weighted by atomic mass is 16.3. The lowest BCUT2D eigenvalue weighted by atomic mass is 10.1. The zero-order valence-electron chi connectivity index (χ0n) is 13.3. The zero-order valence-corrected chi connectivity index (χ0v) is 13.3. The molecule has 0 aliphatic carbocycles. The van der Waals surface area contributed by atoms with Crippen molar-refractivity contribution < 1.29 is 5.11 Å². The minimum absolute atomic E-state index is 0.279. The highest BCUT2D eigenvalue weighted by Crippen LogP contribution is 2.34. The van der Waals surface area contributed by atoms with Gasteiger partial charge < -0.3 is 9.67 Å². The molecule has 2 N–H and O–H groups in total. The largest absolute Gasteiger partial charge is 0.507 e. The number of aromatic hydroxyl groups is 1. The van der Waals surface area contributed by atoms with Gasteiger partial charge in [0.1, 0.15) is 5.75 Å². The Morgan fingerprint density at radius 3 is 2.67 bits per heavy atom. The number of H-pyrrole nitrogens is 1. The van der Waals surface area contributed by atoms with E-state index in [9.17, 15) is 5.11 Å². The molecule has 4 rings (SSSR count). The van der Waals surface area contributed by atoms with Crippen molar-refractivity contribution in [1.29, 1.82) is 0 Å². The maximum atomic E-state index is 10.4. The molecule has 24 heavy (non-hydrogen) atoms. The molecule has 0 spiro atoms. The molecule has 0 atom stereocenters. The van der Waals surface area contributed by atoms with Crippen molar-refractivity contribution >= 4 is 10.9 Å². The van der Waals surface area contributed by atoms with Gasteiger partial charge in [-0.2, -0.15) is 5.21 Å². The molecule has 4 aromatic rings. The first-order valence-electron chi connectivity index (χ1n) is 7.80. The van der Waals surface area contributed by atoms with E-state index in [0.29, 0.717) is 12.2 Å². The molecule has 0 amide bonds. The van der Waals surface area contributed by atoms with E-state index in [1.165, 1.54) is 5.56 Å². The second-order valence-electron chi connectivity index (χ2n) is 5.81. The number of aromatic amines is 1. The Labute approximate surface area is 138 Å². The first-order valence-corrected chi connectivity index (χ1v) is 7.80. The van der Waals surface area contributed by atoms with Crippen molar-refractivity contribution in [2.45, 2.75) is 19.9 Å². The molecule has 2 aromatic carbocycles. The Balaban J connectivity index is 1.87. The fourth-order valence-corrected chi connectivity index (χ4v) is 3.19. The summed E-state index contributed by atoms with van der Waals surface area (Å²) in [6.07, 6.45) is 0.526. The van der Waals surface area contributed by atoms with E-state index in [4.69, 9.17) is 0 Å². The number of nitrogens with zero attached hydrogens (tertiary/aromatic N) is 4. The lowest BCUT2D eigenvalue weighted by Crippen LogP contribution is -2.02. The summed E-state index contributed by atoms with van der Waals surface area (Å²) < 4.78 is 2.22. The number of phenolic OH excluding ortho intramolecular Hbond substituents is 1. The van der Waals surface area contributed by atoms with Crippen molar-refractivity contribution in [3.8, 4) is 5.75 Å². The highest BCUT2D eigenvalue weighted by Gasteiger charge is 2.18. The average molecular weight is 319 g/mol.